The Kier molecular flexibility index (Phi) is 5.02. The van der Waals surface area contributed by atoms with Crippen molar-refractivity contribution in [1.29, 1.82) is 0 Å². The van der Waals surface area contributed by atoms with Crippen LogP contribution in [0, 0.1) is 13.8 Å². The molecule has 0 bridgehead atoms. The van der Waals surface area contributed by atoms with Crippen molar-refractivity contribution in [3.05, 3.63) is 46.6 Å². The van der Waals surface area contributed by atoms with Crippen molar-refractivity contribution in [2.24, 2.45) is 0 Å². The molecule has 2 aromatic heterocycles. The molecule has 2 heterocycles. The Balaban J connectivity index is 1.94. The average molecular weight is 327 g/mol. The SMILES string of the molecule is Cc1noc(C)c1CCCNC(=O)c1cccnc1C(F)(F)F. The van der Waals surface area contributed by atoms with Crippen molar-refractivity contribution < 1.29 is 22.5 Å². The monoisotopic (exact) mass is 327 g/mol. The third-order valence-corrected chi connectivity index (χ3v) is 3.39. The molecule has 0 aromatic carbocycles. The molecule has 8 heteroatoms. The van der Waals surface area contributed by atoms with E-state index in [-0.39, 0.29) is 6.54 Å². The van der Waals surface area contributed by atoms with E-state index < -0.39 is 23.3 Å². The molecule has 0 saturated heterocycles. The largest absolute Gasteiger partial charge is 0.434 e. The first kappa shape index (κ1) is 17.0. The maximum atomic E-state index is 12.8. The van der Waals surface area contributed by atoms with Gasteiger partial charge in [-0.15, -0.1) is 0 Å². The molecule has 1 amide bonds. The number of hydrogen-bond acceptors (Lipinski definition) is 4. The van der Waals surface area contributed by atoms with Crippen LogP contribution in [0.4, 0.5) is 13.2 Å². The normalized spacial score (nSPS) is 11.5. The molecule has 0 spiro atoms. The molecule has 23 heavy (non-hydrogen) atoms. The van der Waals surface area contributed by atoms with Crippen LogP contribution in [0.1, 0.15) is 39.5 Å². The fourth-order valence-corrected chi connectivity index (χ4v) is 2.24. The van der Waals surface area contributed by atoms with Gasteiger partial charge >= 0.3 is 6.18 Å². The third-order valence-electron chi connectivity index (χ3n) is 3.39. The van der Waals surface area contributed by atoms with Gasteiger partial charge in [0, 0.05) is 18.3 Å². The number of pyridine rings is 1. The summed E-state index contributed by atoms with van der Waals surface area (Å²) in [6.07, 6.45) is -2.46. The second-order valence-electron chi connectivity index (χ2n) is 5.06. The molecule has 0 atom stereocenters. The van der Waals surface area contributed by atoms with Crippen molar-refractivity contribution in [1.82, 2.24) is 15.5 Å². The number of rotatable bonds is 5. The summed E-state index contributed by atoms with van der Waals surface area (Å²) in [6.45, 7) is 3.85. The predicted molar refractivity (Wildman–Crippen MR) is 75.9 cm³/mol. The number of aromatic nitrogens is 2. The first-order valence-electron chi connectivity index (χ1n) is 7.03. The molecule has 0 saturated carbocycles. The topological polar surface area (TPSA) is 68.0 Å². The Labute approximate surface area is 130 Å². The minimum atomic E-state index is -4.66. The summed E-state index contributed by atoms with van der Waals surface area (Å²) in [5.41, 5.74) is 0.0811. The highest BCUT2D eigenvalue weighted by atomic mass is 19.4. The number of nitrogens with one attached hydrogen (secondary N) is 1. The summed E-state index contributed by atoms with van der Waals surface area (Å²) in [4.78, 5) is 15.2. The highest BCUT2D eigenvalue weighted by Gasteiger charge is 2.36. The molecule has 0 fully saturated rings. The minimum absolute atomic E-state index is 0.245. The second-order valence-corrected chi connectivity index (χ2v) is 5.06. The van der Waals surface area contributed by atoms with E-state index in [0.717, 1.165) is 23.5 Å². The molecule has 0 aliphatic heterocycles. The smallest absolute Gasteiger partial charge is 0.361 e. The third kappa shape index (κ3) is 4.08. The summed E-state index contributed by atoms with van der Waals surface area (Å²) in [7, 11) is 0. The van der Waals surface area contributed by atoms with Gasteiger partial charge in [0.05, 0.1) is 11.3 Å². The van der Waals surface area contributed by atoms with E-state index in [4.69, 9.17) is 4.52 Å². The Morgan fingerprint density at radius 2 is 2.09 bits per heavy atom. The van der Waals surface area contributed by atoms with Gasteiger partial charge in [-0.3, -0.25) is 9.78 Å². The van der Waals surface area contributed by atoms with Gasteiger partial charge < -0.3 is 9.84 Å². The zero-order chi connectivity index (χ0) is 17.0. The second kappa shape index (κ2) is 6.80. The maximum Gasteiger partial charge on any atom is 0.434 e. The molecular formula is C15H16F3N3O2. The summed E-state index contributed by atoms with van der Waals surface area (Å²) in [5, 5.41) is 6.30. The highest BCUT2D eigenvalue weighted by Crippen LogP contribution is 2.29. The lowest BCUT2D eigenvalue weighted by atomic mass is 10.1. The van der Waals surface area contributed by atoms with Gasteiger partial charge in [0.2, 0.25) is 0 Å². The number of aryl methyl sites for hydroxylation is 2. The van der Waals surface area contributed by atoms with Crippen molar-refractivity contribution >= 4 is 5.91 Å². The Bertz CT molecular complexity index is 676. The quantitative estimate of drug-likeness (QED) is 0.857. The van der Waals surface area contributed by atoms with E-state index in [1.54, 1.807) is 6.92 Å². The van der Waals surface area contributed by atoms with Crippen LogP contribution >= 0.6 is 0 Å². The van der Waals surface area contributed by atoms with Crippen LogP contribution in [-0.4, -0.2) is 22.6 Å². The van der Waals surface area contributed by atoms with Crippen LogP contribution in [-0.2, 0) is 12.6 Å². The fourth-order valence-electron chi connectivity index (χ4n) is 2.24. The number of hydrogen-bond donors (Lipinski definition) is 1. The molecule has 0 radical (unpaired) electrons. The average Bonchev–Trinajstić information content (AvgIpc) is 2.82. The van der Waals surface area contributed by atoms with Crippen molar-refractivity contribution in [3.63, 3.8) is 0 Å². The van der Waals surface area contributed by atoms with Gasteiger partial charge in [-0.1, -0.05) is 5.16 Å². The molecule has 0 unspecified atom stereocenters. The molecule has 5 nitrogen and oxygen atoms in total. The number of alkyl halides is 3. The number of carbonyl (C=O) groups is 1. The van der Waals surface area contributed by atoms with E-state index in [2.05, 4.69) is 15.5 Å². The van der Waals surface area contributed by atoms with E-state index >= 15 is 0 Å². The molecule has 0 aliphatic carbocycles. The van der Waals surface area contributed by atoms with E-state index in [1.807, 2.05) is 6.92 Å². The zero-order valence-corrected chi connectivity index (χ0v) is 12.7. The number of carbonyl (C=O) groups excluding carboxylic acids is 1. The van der Waals surface area contributed by atoms with E-state index in [9.17, 15) is 18.0 Å². The summed E-state index contributed by atoms with van der Waals surface area (Å²) < 4.78 is 43.5. The van der Waals surface area contributed by atoms with E-state index in [0.29, 0.717) is 18.6 Å². The summed E-state index contributed by atoms with van der Waals surface area (Å²) in [6, 6.07) is 2.41. The summed E-state index contributed by atoms with van der Waals surface area (Å²) >= 11 is 0. The summed E-state index contributed by atoms with van der Waals surface area (Å²) in [5.74, 6) is -0.0790. The number of nitrogens with zero attached hydrogens (tertiary/aromatic N) is 2. The van der Waals surface area contributed by atoms with Crippen molar-refractivity contribution in [3.8, 4) is 0 Å². The molecule has 0 aliphatic rings. The minimum Gasteiger partial charge on any atom is -0.361 e. The molecule has 2 aromatic rings. The number of halogens is 3. The molecule has 124 valence electrons. The van der Waals surface area contributed by atoms with Gasteiger partial charge in [0.1, 0.15) is 5.76 Å². The Morgan fingerprint density at radius 3 is 2.70 bits per heavy atom. The standard InChI is InChI=1S/C15H16F3N3O2/c1-9-11(10(2)23-21-9)5-3-8-20-14(22)12-6-4-7-19-13(12)15(16,17)18/h4,6-7H,3,5,8H2,1-2H3,(H,20,22). The Hall–Kier alpha value is -2.38. The predicted octanol–water partition coefficient (Wildman–Crippen LogP) is 3.07. The fraction of sp³-hybridized carbons (Fsp3) is 0.400. The lowest BCUT2D eigenvalue weighted by molar-refractivity contribution is -0.141. The van der Waals surface area contributed by atoms with Crippen molar-refractivity contribution in [2.45, 2.75) is 32.9 Å². The van der Waals surface area contributed by atoms with E-state index in [1.165, 1.54) is 6.07 Å². The number of amides is 1. The lowest BCUT2D eigenvalue weighted by Gasteiger charge is -2.11. The first-order chi connectivity index (χ1) is 10.8. The van der Waals surface area contributed by atoms with Gasteiger partial charge in [-0.2, -0.15) is 13.2 Å². The van der Waals surface area contributed by atoms with Crippen LogP contribution in [0.2, 0.25) is 0 Å². The molecule has 1 N–H and O–H groups in total. The Morgan fingerprint density at radius 1 is 1.35 bits per heavy atom. The van der Waals surface area contributed by atoms with Crippen molar-refractivity contribution in [2.75, 3.05) is 6.54 Å². The van der Waals surface area contributed by atoms with Crippen LogP contribution in [0.15, 0.2) is 22.9 Å². The van der Waals surface area contributed by atoms with Gasteiger partial charge in [-0.05, 0) is 38.8 Å². The first-order valence-corrected chi connectivity index (χ1v) is 7.03. The van der Waals surface area contributed by atoms with Crippen LogP contribution in [0.5, 0.6) is 0 Å². The van der Waals surface area contributed by atoms with Gasteiger partial charge in [0.25, 0.3) is 5.91 Å². The maximum absolute atomic E-state index is 12.8. The lowest BCUT2D eigenvalue weighted by Crippen LogP contribution is -2.28. The van der Waals surface area contributed by atoms with Crippen LogP contribution in [0.3, 0.4) is 0 Å². The van der Waals surface area contributed by atoms with Gasteiger partial charge in [-0.25, -0.2) is 0 Å². The molecule has 2 rings (SSSR count). The van der Waals surface area contributed by atoms with Crippen LogP contribution in [0.25, 0.3) is 0 Å². The highest BCUT2D eigenvalue weighted by molar-refractivity contribution is 5.95. The zero-order valence-electron chi connectivity index (χ0n) is 12.7. The van der Waals surface area contributed by atoms with Crippen LogP contribution < -0.4 is 5.32 Å². The van der Waals surface area contributed by atoms with Gasteiger partial charge in [0.15, 0.2) is 5.69 Å². The molecular weight excluding hydrogens is 311 g/mol.